The smallest absolute Gasteiger partial charge is 0.280 e. The van der Waals surface area contributed by atoms with E-state index in [0.717, 1.165) is 0 Å². The molecule has 0 aromatic rings. The van der Waals surface area contributed by atoms with Crippen LogP contribution in [0.2, 0.25) is 0 Å². The first-order valence-electron chi connectivity index (χ1n) is 5.14. The average molecular weight is 317 g/mol. The lowest BCUT2D eigenvalue weighted by Gasteiger charge is -2.15. The Hall–Kier alpha value is -1.69. The first-order chi connectivity index (χ1) is 9.25. The summed E-state index contributed by atoms with van der Waals surface area (Å²) in [6.45, 7) is -3.95. The van der Waals surface area contributed by atoms with Gasteiger partial charge in [-0.3, -0.25) is 43.9 Å². The van der Waals surface area contributed by atoms with E-state index in [4.69, 9.17) is 0 Å². The molecule has 0 bridgehead atoms. The van der Waals surface area contributed by atoms with E-state index in [-0.39, 0.29) is 0 Å². The minimum atomic E-state index is -4.30. The van der Waals surface area contributed by atoms with Crippen molar-refractivity contribution in [2.45, 2.75) is 0 Å². The van der Waals surface area contributed by atoms with Crippen LogP contribution < -0.4 is 0 Å². The summed E-state index contributed by atoms with van der Waals surface area (Å²) in [5.41, 5.74) is 0. The topological polar surface area (TPSA) is 174 Å². The van der Waals surface area contributed by atoms with Crippen molar-refractivity contribution in [3.05, 3.63) is 30.3 Å². The molecule has 0 spiro atoms. The average Bonchev–Trinajstić information content (AvgIpc) is 2.27. The zero-order chi connectivity index (χ0) is 15.6. The molecule has 0 unspecified atom stereocenters. The van der Waals surface area contributed by atoms with E-state index in [1.165, 1.54) is 0 Å². The number of nitro groups is 3. The molecule has 0 fully saturated rings. The molecule has 0 radical (unpaired) electrons. The van der Waals surface area contributed by atoms with Crippen molar-refractivity contribution < 1.29 is 32.9 Å². The highest BCUT2D eigenvalue weighted by molar-refractivity contribution is 7.48. The largest absolute Gasteiger partial charge is 0.475 e. The van der Waals surface area contributed by atoms with Gasteiger partial charge in [0.25, 0.3) is 0 Å². The first-order valence-corrected chi connectivity index (χ1v) is 6.60. The Morgan fingerprint density at radius 1 is 0.700 bits per heavy atom. The van der Waals surface area contributed by atoms with Crippen molar-refractivity contribution in [3.8, 4) is 0 Å². The van der Waals surface area contributed by atoms with Crippen LogP contribution in [0.5, 0.6) is 0 Å². The lowest BCUT2D eigenvalue weighted by atomic mass is 10.7. The minimum absolute atomic E-state index is 0.624. The molecular formula is C6H12N3O10P. The maximum Gasteiger partial charge on any atom is 0.475 e. The molecular weight excluding hydrogens is 305 g/mol. The van der Waals surface area contributed by atoms with Gasteiger partial charge in [-0.2, -0.15) is 0 Å². The summed E-state index contributed by atoms with van der Waals surface area (Å²) in [5, 5.41) is 30.2. The summed E-state index contributed by atoms with van der Waals surface area (Å²) in [6, 6.07) is 0. The predicted molar refractivity (Wildman–Crippen MR) is 61.0 cm³/mol. The second kappa shape index (κ2) is 9.25. The minimum Gasteiger partial charge on any atom is -0.280 e. The van der Waals surface area contributed by atoms with Crippen molar-refractivity contribution in [2.75, 3.05) is 39.5 Å². The second-order valence-electron chi connectivity index (χ2n) is 3.12. The number of nitrogens with zero attached hydrogens (tertiary/aromatic N) is 3. The van der Waals surface area contributed by atoms with Crippen LogP contribution in [0.1, 0.15) is 0 Å². The maximum absolute atomic E-state index is 11.8. The molecule has 0 aromatic heterocycles. The van der Waals surface area contributed by atoms with Crippen LogP contribution >= 0.6 is 7.82 Å². The molecule has 0 N–H and O–H groups in total. The van der Waals surface area contributed by atoms with Crippen LogP contribution in [0.4, 0.5) is 0 Å². The van der Waals surface area contributed by atoms with Crippen molar-refractivity contribution in [1.29, 1.82) is 0 Å². The van der Waals surface area contributed by atoms with Gasteiger partial charge in [-0.15, -0.1) is 0 Å². The summed E-state index contributed by atoms with van der Waals surface area (Å²) in [7, 11) is -4.30. The zero-order valence-electron chi connectivity index (χ0n) is 10.1. The van der Waals surface area contributed by atoms with Gasteiger partial charge in [0.2, 0.25) is 19.6 Å². The fourth-order valence-corrected chi connectivity index (χ4v) is 1.93. The summed E-state index contributed by atoms with van der Waals surface area (Å²) >= 11 is 0. The van der Waals surface area contributed by atoms with E-state index in [9.17, 15) is 34.9 Å². The van der Waals surface area contributed by atoms with E-state index in [2.05, 4.69) is 13.6 Å². The molecule has 0 amide bonds. The fraction of sp³-hybridized carbons (Fsp3) is 1.00. The van der Waals surface area contributed by atoms with Gasteiger partial charge >= 0.3 is 7.82 Å². The van der Waals surface area contributed by atoms with E-state index in [1.807, 2.05) is 0 Å². The Morgan fingerprint density at radius 3 is 1.15 bits per heavy atom. The van der Waals surface area contributed by atoms with Gasteiger partial charge in [-0.1, -0.05) is 0 Å². The van der Waals surface area contributed by atoms with E-state index in [1.54, 1.807) is 0 Å². The molecule has 0 saturated carbocycles. The Morgan fingerprint density at radius 2 is 0.950 bits per heavy atom. The first kappa shape index (κ1) is 18.3. The second-order valence-corrected chi connectivity index (χ2v) is 4.78. The van der Waals surface area contributed by atoms with Crippen LogP contribution in [0.25, 0.3) is 0 Å². The number of rotatable bonds is 12. The van der Waals surface area contributed by atoms with Gasteiger partial charge in [-0.25, -0.2) is 4.57 Å². The van der Waals surface area contributed by atoms with Gasteiger partial charge in [0.05, 0.1) is 0 Å². The third-order valence-corrected chi connectivity index (χ3v) is 3.07. The molecule has 0 aromatic carbocycles. The van der Waals surface area contributed by atoms with Gasteiger partial charge in [0.15, 0.2) is 0 Å². The summed E-state index contributed by atoms with van der Waals surface area (Å²) in [4.78, 5) is 27.9. The molecule has 0 aliphatic rings. The normalized spacial score (nSPS) is 11.2. The highest BCUT2D eigenvalue weighted by Gasteiger charge is 2.28. The Labute approximate surface area is 111 Å². The highest BCUT2D eigenvalue weighted by Crippen LogP contribution is 2.49. The third-order valence-electron chi connectivity index (χ3n) is 1.57. The van der Waals surface area contributed by atoms with Crippen molar-refractivity contribution in [3.63, 3.8) is 0 Å². The molecule has 0 atom stereocenters. The third kappa shape index (κ3) is 10.3. The summed E-state index contributed by atoms with van der Waals surface area (Å²) in [6.07, 6.45) is 0. The quantitative estimate of drug-likeness (QED) is 0.270. The maximum atomic E-state index is 11.8. The van der Waals surface area contributed by atoms with Crippen LogP contribution in [-0.2, 0) is 18.1 Å². The van der Waals surface area contributed by atoms with E-state index >= 15 is 0 Å². The van der Waals surface area contributed by atoms with Crippen LogP contribution in [-0.4, -0.2) is 54.2 Å². The van der Waals surface area contributed by atoms with E-state index < -0.39 is 62.0 Å². The Bertz CT molecular complexity index is 343. The lowest BCUT2D eigenvalue weighted by Crippen LogP contribution is -2.15. The number of hydrogen-bond donors (Lipinski definition) is 0. The van der Waals surface area contributed by atoms with Crippen molar-refractivity contribution >= 4 is 7.82 Å². The van der Waals surface area contributed by atoms with Gasteiger partial charge in [0.1, 0.15) is 19.8 Å². The van der Waals surface area contributed by atoms with Crippen LogP contribution in [0.3, 0.4) is 0 Å². The molecule has 0 heterocycles. The molecule has 13 nitrogen and oxygen atoms in total. The molecule has 0 saturated heterocycles. The molecule has 0 aliphatic heterocycles. The SMILES string of the molecule is O=[N+]([O-])CCOP(=O)(OCC[N+](=O)[O-])OCC[N+](=O)[O-]. The molecule has 20 heavy (non-hydrogen) atoms. The van der Waals surface area contributed by atoms with Crippen LogP contribution in [0.15, 0.2) is 0 Å². The fourth-order valence-electron chi connectivity index (χ4n) is 0.793. The molecule has 0 rings (SSSR count). The Kier molecular flexibility index (Phi) is 8.47. The van der Waals surface area contributed by atoms with E-state index in [0.29, 0.717) is 0 Å². The van der Waals surface area contributed by atoms with Gasteiger partial charge in [-0.05, 0) is 0 Å². The zero-order valence-corrected chi connectivity index (χ0v) is 11.0. The Balaban J connectivity index is 4.33. The number of phosphoric ester groups is 1. The van der Waals surface area contributed by atoms with Gasteiger partial charge < -0.3 is 0 Å². The number of phosphoric acid groups is 1. The van der Waals surface area contributed by atoms with Crippen molar-refractivity contribution in [1.82, 2.24) is 0 Å². The highest BCUT2D eigenvalue weighted by atomic mass is 31.2. The molecule has 0 aliphatic carbocycles. The monoisotopic (exact) mass is 317 g/mol. The molecule has 116 valence electrons. The predicted octanol–water partition coefficient (Wildman–Crippen LogP) is -0.0256. The number of hydrogen-bond acceptors (Lipinski definition) is 10. The summed E-state index contributed by atoms with van der Waals surface area (Å²) in [5.74, 6) is 0. The van der Waals surface area contributed by atoms with Crippen molar-refractivity contribution in [2.24, 2.45) is 0 Å². The van der Waals surface area contributed by atoms with Crippen LogP contribution in [0, 0.1) is 30.3 Å². The lowest BCUT2D eigenvalue weighted by molar-refractivity contribution is -0.484. The summed E-state index contributed by atoms with van der Waals surface area (Å²) < 4.78 is 25.4. The molecule has 14 heteroatoms. The van der Waals surface area contributed by atoms with Gasteiger partial charge in [0, 0.05) is 14.8 Å². The standard InChI is InChI=1S/C6H12N3O10P/c10-7(11)1-4-17-20(16,18-5-2-8(12)13)19-6-3-9(14)15/h1-6H2.